The summed E-state index contributed by atoms with van der Waals surface area (Å²) in [6.45, 7) is 0. The molecule has 5 heteroatoms. The average Bonchev–Trinajstić information content (AvgIpc) is 2.68. The molecular formula is C14H14F3NS. The zero-order chi connectivity index (χ0) is 13.5. The Morgan fingerprint density at radius 1 is 1.16 bits per heavy atom. The highest BCUT2D eigenvalue weighted by Gasteiger charge is 2.40. The standard InChI is InChI=1S/C14H14F3NS/c15-14(16,17)19-11-6-4-10(5-7-11)18-13-8-9-2-1-3-12(9)13/h1,3-7,9,12-13,18H,2,8H2. The number of benzene rings is 1. The lowest BCUT2D eigenvalue weighted by atomic mass is 9.71. The number of rotatable bonds is 3. The Morgan fingerprint density at radius 3 is 2.53 bits per heavy atom. The molecule has 102 valence electrons. The van der Waals surface area contributed by atoms with E-state index >= 15 is 0 Å². The summed E-state index contributed by atoms with van der Waals surface area (Å²) in [6.07, 6.45) is 6.79. The van der Waals surface area contributed by atoms with Crippen molar-refractivity contribution in [1.29, 1.82) is 0 Å². The van der Waals surface area contributed by atoms with Gasteiger partial charge in [0, 0.05) is 22.5 Å². The molecule has 1 nitrogen and oxygen atoms in total. The van der Waals surface area contributed by atoms with Crippen LogP contribution in [0.5, 0.6) is 0 Å². The molecule has 1 aromatic carbocycles. The van der Waals surface area contributed by atoms with Gasteiger partial charge < -0.3 is 5.32 Å². The number of thioether (sulfide) groups is 1. The van der Waals surface area contributed by atoms with Crippen molar-refractivity contribution >= 4 is 17.4 Å². The molecule has 0 spiro atoms. The molecule has 1 saturated carbocycles. The van der Waals surface area contributed by atoms with E-state index in [9.17, 15) is 13.2 Å². The van der Waals surface area contributed by atoms with Crippen LogP contribution in [-0.2, 0) is 0 Å². The van der Waals surface area contributed by atoms with Gasteiger partial charge in [-0.25, -0.2) is 0 Å². The molecule has 3 unspecified atom stereocenters. The van der Waals surface area contributed by atoms with Crippen LogP contribution in [0.4, 0.5) is 18.9 Å². The molecule has 2 aliphatic rings. The summed E-state index contributed by atoms with van der Waals surface area (Å²) in [5.74, 6) is 1.38. The highest BCUT2D eigenvalue weighted by molar-refractivity contribution is 8.00. The predicted molar refractivity (Wildman–Crippen MR) is 71.1 cm³/mol. The zero-order valence-corrected chi connectivity index (χ0v) is 11.0. The van der Waals surface area contributed by atoms with E-state index in [1.807, 2.05) is 0 Å². The first kappa shape index (κ1) is 12.9. The van der Waals surface area contributed by atoms with Gasteiger partial charge in [0.25, 0.3) is 0 Å². The SMILES string of the molecule is FC(F)(F)Sc1ccc(NC2CC3CC=CC32)cc1. The lowest BCUT2D eigenvalue weighted by molar-refractivity contribution is -0.0328. The summed E-state index contributed by atoms with van der Waals surface area (Å²) in [6, 6.07) is 6.91. The molecule has 2 aliphatic carbocycles. The summed E-state index contributed by atoms with van der Waals surface area (Å²) in [4.78, 5) is 0.227. The maximum atomic E-state index is 12.2. The number of alkyl halides is 3. The van der Waals surface area contributed by atoms with E-state index < -0.39 is 5.51 Å². The summed E-state index contributed by atoms with van der Waals surface area (Å²) in [5.41, 5.74) is -3.32. The van der Waals surface area contributed by atoms with E-state index in [1.165, 1.54) is 18.6 Å². The minimum Gasteiger partial charge on any atom is -0.382 e. The van der Waals surface area contributed by atoms with E-state index in [-0.39, 0.29) is 16.7 Å². The molecule has 19 heavy (non-hydrogen) atoms. The van der Waals surface area contributed by atoms with Crippen molar-refractivity contribution in [2.24, 2.45) is 11.8 Å². The first-order valence-corrected chi connectivity index (χ1v) is 7.12. The molecule has 1 fully saturated rings. The third-order valence-corrected chi connectivity index (χ3v) is 4.54. The fourth-order valence-electron chi connectivity index (χ4n) is 2.85. The van der Waals surface area contributed by atoms with Gasteiger partial charge in [0.2, 0.25) is 0 Å². The van der Waals surface area contributed by atoms with Crippen LogP contribution in [0.1, 0.15) is 12.8 Å². The average molecular weight is 285 g/mol. The van der Waals surface area contributed by atoms with Gasteiger partial charge in [0.15, 0.2) is 0 Å². The second-order valence-electron chi connectivity index (χ2n) is 5.06. The van der Waals surface area contributed by atoms with E-state index in [0.717, 1.165) is 18.0 Å². The molecule has 1 N–H and O–H groups in total. The van der Waals surface area contributed by atoms with Gasteiger partial charge in [-0.2, -0.15) is 13.2 Å². The van der Waals surface area contributed by atoms with Gasteiger partial charge >= 0.3 is 5.51 Å². The number of fused-ring (bicyclic) bond motifs is 1. The third-order valence-electron chi connectivity index (χ3n) is 3.80. The maximum absolute atomic E-state index is 12.2. The monoisotopic (exact) mass is 285 g/mol. The molecular weight excluding hydrogens is 271 g/mol. The first-order chi connectivity index (χ1) is 9.01. The molecule has 0 saturated heterocycles. The lowest BCUT2D eigenvalue weighted by Gasteiger charge is -2.41. The smallest absolute Gasteiger partial charge is 0.382 e. The van der Waals surface area contributed by atoms with Gasteiger partial charge in [-0.05, 0) is 54.8 Å². The van der Waals surface area contributed by atoms with E-state index in [2.05, 4.69) is 17.5 Å². The number of hydrogen-bond donors (Lipinski definition) is 1. The Morgan fingerprint density at radius 2 is 1.89 bits per heavy atom. The van der Waals surface area contributed by atoms with Crippen LogP contribution in [0.2, 0.25) is 0 Å². The van der Waals surface area contributed by atoms with Crippen LogP contribution in [0, 0.1) is 11.8 Å². The number of nitrogens with one attached hydrogen (secondary N) is 1. The first-order valence-electron chi connectivity index (χ1n) is 6.30. The fraction of sp³-hybridized carbons (Fsp3) is 0.429. The summed E-state index contributed by atoms with van der Waals surface area (Å²) in [5, 5.41) is 3.40. The van der Waals surface area contributed by atoms with Crippen LogP contribution in [0.25, 0.3) is 0 Å². The number of halogens is 3. The van der Waals surface area contributed by atoms with Gasteiger partial charge in [-0.3, -0.25) is 0 Å². The van der Waals surface area contributed by atoms with Crippen molar-refractivity contribution in [3.8, 4) is 0 Å². The zero-order valence-electron chi connectivity index (χ0n) is 10.2. The summed E-state index contributed by atoms with van der Waals surface area (Å²) in [7, 11) is 0. The number of allylic oxidation sites excluding steroid dienone is 1. The summed E-state index contributed by atoms with van der Waals surface area (Å²) < 4.78 is 36.6. The number of hydrogen-bond acceptors (Lipinski definition) is 2. The second-order valence-corrected chi connectivity index (χ2v) is 6.20. The fourth-order valence-corrected chi connectivity index (χ4v) is 3.39. The van der Waals surface area contributed by atoms with Crippen LogP contribution in [0.3, 0.4) is 0 Å². The highest BCUT2D eigenvalue weighted by atomic mass is 32.2. The van der Waals surface area contributed by atoms with Crippen molar-refractivity contribution < 1.29 is 13.2 Å². The molecule has 1 aromatic rings. The topological polar surface area (TPSA) is 12.0 Å². The third kappa shape index (κ3) is 2.91. The molecule has 0 bridgehead atoms. The molecule has 3 atom stereocenters. The van der Waals surface area contributed by atoms with Crippen LogP contribution < -0.4 is 5.32 Å². The lowest BCUT2D eigenvalue weighted by Crippen LogP contribution is -2.43. The van der Waals surface area contributed by atoms with Crippen LogP contribution >= 0.6 is 11.8 Å². The molecule has 0 radical (unpaired) electrons. The Hall–Kier alpha value is -1.10. The van der Waals surface area contributed by atoms with E-state index in [4.69, 9.17) is 0 Å². The maximum Gasteiger partial charge on any atom is 0.446 e. The molecule has 0 amide bonds. The largest absolute Gasteiger partial charge is 0.446 e. The molecule has 3 rings (SSSR count). The Bertz CT molecular complexity index is 480. The Labute approximate surface area is 114 Å². The molecule has 0 aromatic heterocycles. The second kappa shape index (κ2) is 4.78. The van der Waals surface area contributed by atoms with E-state index in [0.29, 0.717) is 12.0 Å². The van der Waals surface area contributed by atoms with E-state index in [1.54, 1.807) is 12.1 Å². The molecule has 0 heterocycles. The Kier molecular flexibility index (Phi) is 3.25. The Balaban J connectivity index is 1.59. The van der Waals surface area contributed by atoms with Crippen LogP contribution in [0.15, 0.2) is 41.3 Å². The van der Waals surface area contributed by atoms with Crippen molar-refractivity contribution in [3.63, 3.8) is 0 Å². The normalized spacial score (nSPS) is 28.9. The van der Waals surface area contributed by atoms with Gasteiger partial charge in [0.1, 0.15) is 0 Å². The number of anilines is 1. The van der Waals surface area contributed by atoms with Crippen LogP contribution in [-0.4, -0.2) is 11.6 Å². The van der Waals surface area contributed by atoms with Crippen molar-refractivity contribution in [2.45, 2.75) is 29.3 Å². The molecule has 0 aliphatic heterocycles. The van der Waals surface area contributed by atoms with Crippen molar-refractivity contribution in [1.82, 2.24) is 0 Å². The minimum atomic E-state index is -4.22. The minimum absolute atomic E-state index is 0.0754. The van der Waals surface area contributed by atoms with Gasteiger partial charge in [-0.1, -0.05) is 12.2 Å². The highest BCUT2D eigenvalue weighted by Crippen LogP contribution is 2.44. The summed E-state index contributed by atoms with van der Waals surface area (Å²) >= 11 is -0.0754. The van der Waals surface area contributed by atoms with Gasteiger partial charge in [-0.15, -0.1) is 0 Å². The van der Waals surface area contributed by atoms with Crippen molar-refractivity contribution in [3.05, 3.63) is 36.4 Å². The predicted octanol–water partition coefficient (Wildman–Crippen LogP) is 4.68. The quantitative estimate of drug-likeness (QED) is 0.639. The van der Waals surface area contributed by atoms with Crippen molar-refractivity contribution in [2.75, 3.05) is 5.32 Å². The van der Waals surface area contributed by atoms with Gasteiger partial charge in [0.05, 0.1) is 0 Å².